The number of ether oxygens (including phenoxy) is 1. The lowest BCUT2D eigenvalue weighted by Crippen LogP contribution is -2.33. The number of alkyl halides is 3. The van der Waals surface area contributed by atoms with Gasteiger partial charge in [0.25, 0.3) is 5.91 Å². The molecule has 1 aromatic heterocycles. The van der Waals surface area contributed by atoms with Crippen molar-refractivity contribution in [1.82, 2.24) is 9.88 Å². The third-order valence-electron chi connectivity index (χ3n) is 5.37. The van der Waals surface area contributed by atoms with Crippen molar-refractivity contribution >= 4 is 29.4 Å². The van der Waals surface area contributed by atoms with Crippen LogP contribution in [0.3, 0.4) is 0 Å². The van der Waals surface area contributed by atoms with Gasteiger partial charge in [0.2, 0.25) is 0 Å². The number of carbonyl (C=O) groups excluding carboxylic acids is 2. The molecule has 34 heavy (non-hydrogen) atoms. The van der Waals surface area contributed by atoms with Gasteiger partial charge in [-0.2, -0.15) is 13.2 Å². The number of carbonyl (C=O) groups is 2. The second-order valence-corrected chi connectivity index (χ2v) is 8.72. The van der Waals surface area contributed by atoms with Crippen LogP contribution in [0.25, 0.3) is 11.3 Å². The topological polar surface area (TPSA) is 62.7 Å². The van der Waals surface area contributed by atoms with Gasteiger partial charge in [0.1, 0.15) is 11.8 Å². The number of pyridine rings is 1. The van der Waals surface area contributed by atoms with E-state index in [1.807, 2.05) is 30.3 Å². The molecule has 2 heterocycles. The van der Waals surface area contributed by atoms with Crippen molar-refractivity contribution in [3.8, 4) is 17.0 Å². The summed E-state index contributed by atoms with van der Waals surface area (Å²) >= 11 is -0.254. The highest BCUT2D eigenvalue weighted by atomic mass is 32.2. The second kappa shape index (κ2) is 9.38. The third-order valence-corrected chi connectivity index (χ3v) is 6.11. The van der Waals surface area contributed by atoms with Crippen LogP contribution in [0, 0.1) is 0 Å². The molecule has 2 aromatic carbocycles. The summed E-state index contributed by atoms with van der Waals surface area (Å²) in [6.07, 6.45) is 1.64. The van der Waals surface area contributed by atoms with Gasteiger partial charge in [-0.15, -0.1) is 0 Å². The van der Waals surface area contributed by atoms with E-state index in [0.717, 1.165) is 21.8 Å². The van der Waals surface area contributed by atoms with Crippen molar-refractivity contribution in [2.45, 2.75) is 29.9 Å². The van der Waals surface area contributed by atoms with E-state index in [1.54, 1.807) is 26.3 Å². The molecule has 1 aliphatic rings. The highest BCUT2D eigenvalue weighted by Gasteiger charge is 2.43. The first-order valence-electron chi connectivity index (χ1n) is 10.3. The molecule has 1 unspecified atom stereocenters. The summed E-state index contributed by atoms with van der Waals surface area (Å²) in [7, 11) is 1.59. The molecule has 1 saturated heterocycles. The molecule has 3 aromatic rings. The highest BCUT2D eigenvalue weighted by molar-refractivity contribution is 8.00. The predicted octanol–water partition coefficient (Wildman–Crippen LogP) is 5.73. The molecule has 4 rings (SSSR count). The molecule has 0 N–H and O–H groups in total. The molecule has 0 aliphatic carbocycles. The molecule has 1 fully saturated rings. The van der Waals surface area contributed by atoms with Crippen LogP contribution < -0.4 is 9.64 Å². The van der Waals surface area contributed by atoms with Gasteiger partial charge in [-0.3, -0.25) is 9.78 Å². The van der Waals surface area contributed by atoms with Crippen LogP contribution in [0.5, 0.6) is 5.75 Å². The van der Waals surface area contributed by atoms with Crippen LogP contribution in [-0.2, 0) is 11.3 Å². The average molecular weight is 488 g/mol. The van der Waals surface area contributed by atoms with Crippen molar-refractivity contribution in [1.29, 1.82) is 0 Å². The van der Waals surface area contributed by atoms with Crippen LogP contribution in [-0.4, -0.2) is 40.5 Å². The quantitative estimate of drug-likeness (QED) is 0.328. The van der Waals surface area contributed by atoms with Crippen LogP contribution in [0.4, 0.5) is 23.7 Å². The van der Waals surface area contributed by atoms with Crippen molar-refractivity contribution in [2.75, 3.05) is 12.0 Å². The van der Waals surface area contributed by atoms with E-state index in [4.69, 9.17) is 4.74 Å². The minimum absolute atomic E-state index is 0.0249. The molecule has 0 spiro atoms. The van der Waals surface area contributed by atoms with E-state index in [-0.39, 0.29) is 28.9 Å². The second-order valence-electron chi connectivity index (χ2n) is 7.58. The van der Waals surface area contributed by atoms with Crippen molar-refractivity contribution < 1.29 is 27.5 Å². The Morgan fingerprint density at radius 3 is 2.32 bits per heavy atom. The third kappa shape index (κ3) is 5.01. The van der Waals surface area contributed by atoms with Gasteiger partial charge in [-0.1, -0.05) is 0 Å². The number of nitrogens with zero attached hydrogens (tertiary/aromatic N) is 3. The smallest absolute Gasteiger partial charge is 0.446 e. The van der Waals surface area contributed by atoms with Crippen LogP contribution in [0.2, 0.25) is 0 Å². The molecule has 0 saturated carbocycles. The maximum Gasteiger partial charge on any atom is 0.446 e. The highest BCUT2D eigenvalue weighted by Crippen LogP contribution is 2.38. The van der Waals surface area contributed by atoms with Gasteiger partial charge in [0, 0.05) is 23.2 Å². The number of urea groups is 1. The SMILES string of the molecule is COc1ccc(-c2cc(CN3C(=O)N(c4ccc(SC(F)(F)F)cc4)C(=O)C3C)ccn2)cc1. The van der Waals surface area contributed by atoms with Crippen LogP contribution in [0.15, 0.2) is 71.8 Å². The molecule has 3 amide bonds. The molecule has 1 atom stereocenters. The van der Waals surface area contributed by atoms with Gasteiger partial charge in [0.05, 0.1) is 18.5 Å². The van der Waals surface area contributed by atoms with Gasteiger partial charge in [-0.05, 0) is 84.9 Å². The van der Waals surface area contributed by atoms with E-state index < -0.39 is 23.5 Å². The first-order valence-corrected chi connectivity index (χ1v) is 11.1. The summed E-state index contributed by atoms with van der Waals surface area (Å²) in [5.74, 6) is 0.283. The minimum atomic E-state index is -4.42. The lowest BCUT2D eigenvalue weighted by molar-refractivity contribution is -0.119. The Morgan fingerprint density at radius 1 is 1.03 bits per heavy atom. The number of hydrogen-bond acceptors (Lipinski definition) is 5. The Hall–Kier alpha value is -3.53. The Balaban J connectivity index is 1.52. The molecule has 6 nitrogen and oxygen atoms in total. The molecular weight excluding hydrogens is 467 g/mol. The lowest BCUT2D eigenvalue weighted by atomic mass is 10.1. The number of hydrogen-bond donors (Lipinski definition) is 0. The first-order chi connectivity index (χ1) is 16.2. The fourth-order valence-electron chi connectivity index (χ4n) is 3.64. The minimum Gasteiger partial charge on any atom is -0.497 e. The average Bonchev–Trinajstić information content (AvgIpc) is 3.02. The Bertz CT molecular complexity index is 1200. The zero-order valence-corrected chi connectivity index (χ0v) is 19.1. The zero-order valence-electron chi connectivity index (χ0n) is 18.2. The zero-order chi connectivity index (χ0) is 24.5. The van der Waals surface area contributed by atoms with Gasteiger partial charge >= 0.3 is 11.5 Å². The summed E-state index contributed by atoms with van der Waals surface area (Å²) in [6, 6.07) is 14.9. The van der Waals surface area contributed by atoms with Gasteiger partial charge in [0.15, 0.2) is 0 Å². The first kappa shape index (κ1) is 23.6. The maximum absolute atomic E-state index is 13.1. The summed E-state index contributed by atoms with van der Waals surface area (Å²) in [6.45, 7) is 1.80. The number of thioether (sulfide) groups is 1. The Labute approximate surface area is 198 Å². The number of amides is 3. The van der Waals surface area contributed by atoms with E-state index in [1.165, 1.54) is 29.2 Å². The van der Waals surface area contributed by atoms with Crippen LogP contribution in [0.1, 0.15) is 12.5 Å². The van der Waals surface area contributed by atoms with Crippen molar-refractivity contribution in [3.05, 3.63) is 72.4 Å². The number of halogens is 3. The molecule has 0 bridgehead atoms. The number of anilines is 1. The van der Waals surface area contributed by atoms with E-state index in [9.17, 15) is 22.8 Å². The van der Waals surface area contributed by atoms with Crippen molar-refractivity contribution in [2.24, 2.45) is 0 Å². The number of aromatic nitrogens is 1. The van der Waals surface area contributed by atoms with E-state index in [0.29, 0.717) is 5.69 Å². The number of rotatable bonds is 6. The fraction of sp³-hybridized carbons (Fsp3) is 0.208. The molecule has 1 aliphatic heterocycles. The van der Waals surface area contributed by atoms with E-state index >= 15 is 0 Å². The summed E-state index contributed by atoms with van der Waals surface area (Å²) in [5, 5.41) is 0. The normalized spacial score (nSPS) is 16.3. The molecule has 0 radical (unpaired) electrons. The number of benzene rings is 2. The molecule has 10 heteroatoms. The van der Waals surface area contributed by atoms with Gasteiger partial charge in [-0.25, -0.2) is 9.69 Å². The van der Waals surface area contributed by atoms with Crippen molar-refractivity contribution in [3.63, 3.8) is 0 Å². The largest absolute Gasteiger partial charge is 0.497 e. The molecule has 176 valence electrons. The standard InChI is InChI=1S/C24H20F3N3O3S/c1-15-22(31)30(18-5-9-20(10-6-18)34-24(25,26)27)23(32)29(15)14-16-11-12-28-21(13-16)17-3-7-19(33-2)8-4-17/h3-13,15H,14H2,1-2H3. The summed E-state index contributed by atoms with van der Waals surface area (Å²) < 4.78 is 42.9. The fourth-order valence-corrected chi connectivity index (χ4v) is 4.18. The van der Waals surface area contributed by atoms with Gasteiger partial charge < -0.3 is 9.64 Å². The lowest BCUT2D eigenvalue weighted by Gasteiger charge is -2.20. The summed E-state index contributed by atoms with van der Waals surface area (Å²) in [4.78, 5) is 32.7. The maximum atomic E-state index is 13.1. The van der Waals surface area contributed by atoms with Crippen LogP contribution >= 0.6 is 11.8 Å². The van der Waals surface area contributed by atoms with E-state index in [2.05, 4.69) is 4.98 Å². The summed E-state index contributed by atoms with van der Waals surface area (Å²) in [5.41, 5.74) is -1.82. The Morgan fingerprint density at radius 2 is 1.71 bits per heavy atom. The predicted molar refractivity (Wildman–Crippen MR) is 122 cm³/mol. The number of imide groups is 1. The number of methoxy groups -OCH3 is 1. The monoisotopic (exact) mass is 487 g/mol. The Kier molecular flexibility index (Phi) is 6.52. The molecular formula is C24H20F3N3O3S.